The average Bonchev–Trinajstić information content (AvgIpc) is 2.69. The highest BCUT2D eigenvalue weighted by atomic mass is 19.1. The molecule has 5 nitrogen and oxygen atoms in total. The molecule has 3 heterocycles. The summed E-state index contributed by atoms with van der Waals surface area (Å²) in [4.78, 5) is 27.2. The summed E-state index contributed by atoms with van der Waals surface area (Å²) in [5.74, 6) is 1.11. The van der Waals surface area contributed by atoms with Crippen LogP contribution >= 0.6 is 0 Å². The molecule has 0 aliphatic carbocycles. The summed E-state index contributed by atoms with van der Waals surface area (Å²) in [6.45, 7) is 1.25. The van der Waals surface area contributed by atoms with E-state index in [9.17, 15) is 9.18 Å². The van der Waals surface area contributed by atoms with Crippen LogP contribution in [0.15, 0.2) is 54.7 Å². The summed E-state index contributed by atoms with van der Waals surface area (Å²) in [6, 6.07) is 13.7. The number of rotatable bonds is 3. The van der Waals surface area contributed by atoms with Gasteiger partial charge in [0.15, 0.2) is 5.82 Å². The summed E-state index contributed by atoms with van der Waals surface area (Å²) in [5, 5.41) is 0. The Labute approximate surface area is 150 Å². The summed E-state index contributed by atoms with van der Waals surface area (Å²) < 4.78 is 13.7. The van der Waals surface area contributed by atoms with Crippen LogP contribution in [-0.2, 0) is 4.79 Å². The zero-order chi connectivity index (χ0) is 17.9. The number of ketones is 1. The minimum Gasteiger partial charge on any atom is -0.356 e. The first-order valence-corrected chi connectivity index (χ1v) is 8.52. The Morgan fingerprint density at radius 1 is 0.923 bits per heavy atom. The number of pyridine rings is 1. The van der Waals surface area contributed by atoms with E-state index in [1.165, 1.54) is 12.1 Å². The molecule has 6 heteroatoms. The Balaban J connectivity index is 1.80. The monoisotopic (exact) mass is 348 g/mol. The molecular weight excluding hydrogens is 331 g/mol. The van der Waals surface area contributed by atoms with Crippen LogP contribution in [0.4, 0.5) is 10.2 Å². The summed E-state index contributed by atoms with van der Waals surface area (Å²) in [6.07, 6.45) is 2.73. The maximum absolute atomic E-state index is 13.7. The molecule has 0 N–H and O–H groups in total. The lowest BCUT2D eigenvalue weighted by Gasteiger charge is -2.27. The van der Waals surface area contributed by atoms with Gasteiger partial charge >= 0.3 is 0 Å². The molecule has 1 aliphatic rings. The highest BCUT2D eigenvalue weighted by Crippen LogP contribution is 2.26. The van der Waals surface area contributed by atoms with Crippen LogP contribution in [0, 0.1) is 5.82 Å². The molecule has 26 heavy (non-hydrogen) atoms. The van der Waals surface area contributed by atoms with E-state index < -0.39 is 0 Å². The van der Waals surface area contributed by atoms with Gasteiger partial charge in [-0.15, -0.1) is 0 Å². The van der Waals surface area contributed by atoms with E-state index in [0.717, 1.165) is 11.5 Å². The van der Waals surface area contributed by atoms with Crippen molar-refractivity contribution in [2.75, 3.05) is 18.0 Å². The van der Waals surface area contributed by atoms with Crippen molar-refractivity contribution in [3.05, 3.63) is 60.5 Å². The summed E-state index contributed by atoms with van der Waals surface area (Å²) >= 11 is 0. The lowest BCUT2D eigenvalue weighted by molar-refractivity contribution is -0.119. The van der Waals surface area contributed by atoms with Crippen molar-refractivity contribution in [3.8, 4) is 22.8 Å². The number of benzene rings is 1. The van der Waals surface area contributed by atoms with Crippen molar-refractivity contribution in [2.45, 2.75) is 12.8 Å². The molecule has 4 rings (SSSR count). The molecule has 0 unspecified atom stereocenters. The molecule has 1 aliphatic heterocycles. The van der Waals surface area contributed by atoms with Crippen molar-refractivity contribution in [1.82, 2.24) is 15.0 Å². The van der Waals surface area contributed by atoms with Gasteiger partial charge in [0.2, 0.25) is 0 Å². The molecule has 0 amide bonds. The number of halogens is 1. The number of aromatic nitrogens is 3. The van der Waals surface area contributed by atoms with Gasteiger partial charge in [0.05, 0.1) is 11.4 Å². The minimum atomic E-state index is -0.334. The molecule has 0 saturated carbocycles. The zero-order valence-electron chi connectivity index (χ0n) is 14.1. The molecule has 0 spiro atoms. The predicted octanol–water partition coefficient (Wildman–Crippen LogP) is 3.51. The number of carbonyl (C=O) groups is 1. The van der Waals surface area contributed by atoms with Crippen LogP contribution in [-0.4, -0.2) is 33.8 Å². The standard InChI is InChI=1S/C20H17FN4O/c21-15-5-3-4-14(12-15)20-23-18(17-6-1-2-9-22-17)13-19(24-20)25-10-7-16(26)8-11-25/h1-6,9,12-13H,7-8,10-11H2. The van der Waals surface area contributed by atoms with E-state index in [0.29, 0.717) is 43.0 Å². The first-order valence-electron chi connectivity index (χ1n) is 8.52. The lowest BCUT2D eigenvalue weighted by Crippen LogP contribution is -2.34. The first kappa shape index (κ1) is 16.3. The third-order valence-electron chi connectivity index (χ3n) is 4.37. The van der Waals surface area contributed by atoms with Crippen molar-refractivity contribution >= 4 is 11.6 Å². The SMILES string of the molecule is O=C1CCN(c2cc(-c3ccccn3)nc(-c3cccc(F)c3)n2)CC1. The number of nitrogens with zero attached hydrogens (tertiary/aromatic N) is 4. The second kappa shape index (κ2) is 7.00. The van der Waals surface area contributed by atoms with Crippen LogP contribution < -0.4 is 4.90 Å². The Bertz CT molecular complexity index is 936. The molecule has 2 aromatic heterocycles. The van der Waals surface area contributed by atoms with Gasteiger partial charge < -0.3 is 4.90 Å². The largest absolute Gasteiger partial charge is 0.356 e. The highest BCUT2D eigenvalue weighted by Gasteiger charge is 2.20. The molecule has 130 valence electrons. The zero-order valence-corrected chi connectivity index (χ0v) is 14.1. The van der Waals surface area contributed by atoms with Crippen molar-refractivity contribution in [1.29, 1.82) is 0 Å². The Hall–Kier alpha value is -3.15. The van der Waals surface area contributed by atoms with Crippen molar-refractivity contribution in [2.24, 2.45) is 0 Å². The second-order valence-electron chi connectivity index (χ2n) is 6.19. The van der Waals surface area contributed by atoms with E-state index in [4.69, 9.17) is 0 Å². The summed E-state index contributed by atoms with van der Waals surface area (Å²) in [5.41, 5.74) is 2.01. The van der Waals surface area contributed by atoms with E-state index >= 15 is 0 Å². The number of piperidine rings is 1. The third kappa shape index (κ3) is 3.44. The van der Waals surface area contributed by atoms with Gasteiger partial charge in [-0.3, -0.25) is 9.78 Å². The quantitative estimate of drug-likeness (QED) is 0.725. The Morgan fingerprint density at radius 3 is 2.50 bits per heavy atom. The van der Waals surface area contributed by atoms with Crippen LogP contribution in [0.25, 0.3) is 22.8 Å². The Morgan fingerprint density at radius 2 is 1.77 bits per heavy atom. The molecule has 0 bridgehead atoms. The van der Waals surface area contributed by atoms with Gasteiger partial charge in [0.25, 0.3) is 0 Å². The minimum absolute atomic E-state index is 0.269. The van der Waals surface area contributed by atoms with Crippen LogP contribution in [0.1, 0.15) is 12.8 Å². The first-order chi connectivity index (χ1) is 12.7. The van der Waals surface area contributed by atoms with Crippen LogP contribution in [0.5, 0.6) is 0 Å². The van der Waals surface area contributed by atoms with E-state index in [2.05, 4.69) is 19.9 Å². The fourth-order valence-corrected chi connectivity index (χ4v) is 2.98. The molecule has 1 fully saturated rings. The second-order valence-corrected chi connectivity index (χ2v) is 6.19. The van der Waals surface area contributed by atoms with Gasteiger partial charge in [-0.25, -0.2) is 14.4 Å². The normalized spacial score (nSPS) is 14.5. The molecule has 1 saturated heterocycles. The summed E-state index contributed by atoms with van der Waals surface area (Å²) in [7, 11) is 0. The third-order valence-corrected chi connectivity index (χ3v) is 4.37. The number of hydrogen-bond donors (Lipinski definition) is 0. The molecule has 3 aromatic rings. The highest BCUT2D eigenvalue weighted by molar-refractivity contribution is 5.81. The number of carbonyl (C=O) groups excluding carboxylic acids is 1. The van der Waals surface area contributed by atoms with Crippen molar-refractivity contribution in [3.63, 3.8) is 0 Å². The predicted molar refractivity (Wildman–Crippen MR) is 97.1 cm³/mol. The Kier molecular flexibility index (Phi) is 4.39. The smallest absolute Gasteiger partial charge is 0.162 e. The molecular formula is C20H17FN4O. The van der Waals surface area contributed by atoms with Gasteiger partial charge in [-0.1, -0.05) is 18.2 Å². The molecule has 0 radical (unpaired) electrons. The average molecular weight is 348 g/mol. The topological polar surface area (TPSA) is 59.0 Å². The van der Waals surface area contributed by atoms with E-state index in [1.807, 2.05) is 24.3 Å². The van der Waals surface area contributed by atoms with E-state index in [1.54, 1.807) is 18.3 Å². The van der Waals surface area contributed by atoms with Gasteiger partial charge in [-0.2, -0.15) is 0 Å². The fourth-order valence-electron chi connectivity index (χ4n) is 2.98. The number of Topliss-reactive ketones (excluding diaryl/α,β-unsaturated/α-hetero) is 1. The van der Waals surface area contributed by atoms with Crippen molar-refractivity contribution < 1.29 is 9.18 Å². The number of hydrogen-bond acceptors (Lipinski definition) is 5. The molecule has 0 atom stereocenters. The van der Waals surface area contributed by atoms with E-state index in [-0.39, 0.29) is 11.6 Å². The maximum atomic E-state index is 13.7. The fraction of sp³-hybridized carbons (Fsp3) is 0.200. The molecule has 1 aromatic carbocycles. The van der Waals surface area contributed by atoms with Crippen LogP contribution in [0.2, 0.25) is 0 Å². The van der Waals surface area contributed by atoms with Gasteiger partial charge in [-0.05, 0) is 24.3 Å². The maximum Gasteiger partial charge on any atom is 0.162 e. The van der Waals surface area contributed by atoms with Crippen LogP contribution in [0.3, 0.4) is 0 Å². The lowest BCUT2D eigenvalue weighted by atomic mass is 10.1. The number of anilines is 1. The van der Waals surface area contributed by atoms with Gasteiger partial charge in [0.1, 0.15) is 17.4 Å². The van der Waals surface area contributed by atoms with Gasteiger partial charge in [0, 0.05) is 43.8 Å².